The zero-order valence-corrected chi connectivity index (χ0v) is 19.1. The highest BCUT2D eigenvalue weighted by molar-refractivity contribution is 14.0. The van der Waals surface area contributed by atoms with Gasteiger partial charge in [0.1, 0.15) is 0 Å². The molecule has 2 aromatic rings. The lowest BCUT2D eigenvalue weighted by atomic mass is 10.1. The highest BCUT2D eigenvalue weighted by Gasteiger charge is 2.14. The Morgan fingerprint density at radius 2 is 2.00 bits per heavy atom. The van der Waals surface area contributed by atoms with Gasteiger partial charge in [0, 0.05) is 31.9 Å². The summed E-state index contributed by atoms with van der Waals surface area (Å²) in [7, 11) is 3.75. The number of guanidine groups is 1. The molecular weight excluding hydrogens is 443 g/mol. The van der Waals surface area contributed by atoms with Crippen molar-refractivity contribution in [2.75, 3.05) is 7.05 Å². The highest BCUT2D eigenvalue weighted by Crippen LogP contribution is 2.15. The van der Waals surface area contributed by atoms with Gasteiger partial charge in [-0.3, -0.25) is 9.67 Å². The number of nitrogens with zero attached hydrogens (tertiary/aromatic N) is 4. The number of hydrogen-bond donors (Lipinski definition) is 2. The van der Waals surface area contributed by atoms with E-state index in [2.05, 4.69) is 60.5 Å². The highest BCUT2D eigenvalue weighted by atomic mass is 127. The van der Waals surface area contributed by atoms with E-state index in [4.69, 9.17) is 4.52 Å². The molecule has 0 spiro atoms. The molecule has 0 amide bonds. The summed E-state index contributed by atoms with van der Waals surface area (Å²) in [6.45, 7) is 11.0. The standard InChI is InChI=1S/C18H30N6O.HI/c1-11(2)17-9-15(25-23-17)10-20-18(19-6)21-12(3)8-16-13(4)22-24(7)14(16)5;/h9,11-12H,8,10H2,1-7H3,(H2,19,20,21);1H. The Bertz CT molecular complexity index is 734. The molecule has 146 valence electrons. The van der Waals surface area contributed by atoms with Gasteiger partial charge in [0.2, 0.25) is 0 Å². The zero-order valence-electron chi connectivity index (χ0n) is 16.8. The average molecular weight is 474 g/mol. The second-order valence-corrected chi connectivity index (χ2v) is 6.82. The fourth-order valence-electron chi connectivity index (χ4n) is 2.75. The van der Waals surface area contributed by atoms with Crippen LogP contribution < -0.4 is 10.6 Å². The van der Waals surface area contributed by atoms with Crippen molar-refractivity contribution in [3.05, 3.63) is 34.5 Å². The number of aryl methyl sites for hydroxylation is 2. The van der Waals surface area contributed by atoms with E-state index in [0.29, 0.717) is 12.5 Å². The van der Waals surface area contributed by atoms with Crippen LogP contribution in [0.1, 0.15) is 55.1 Å². The summed E-state index contributed by atoms with van der Waals surface area (Å²) in [6, 6.07) is 2.21. The van der Waals surface area contributed by atoms with E-state index in [1.807, 2.05) is 17.8 Å². The van der Waals surface area contributed by atoms with E-state index < -0.39 is 0 Å². The average Bonchev–Trinajstić information content (AvgIpc) is 3.12. The molecule has 8 heteroatoms. The maximum absolute atomic E-state index is 5.35. The van der Waals surface area contributed by atoms with Gasteiger partial charge in [0.15, 0.2) is 11.7 Å². The van der Waals surface area contributed by atoms with Crippen molar-refractivity contribution in [2.24, 2.45) is 12.0 Å². The normalized spacial score (nSPS) is 12.8. The van der Waals surface area contributed by atoms with Crippen LogP contribution in [0.5, 0.6) is 0 Å². The van der Waals surface area contributed by atoms with Gasteiger partial charge in [-0.15, -0.1) is 24.0 Å². The van der Waals surface area contributed by atoms with Crippen LogP contribution in [0.15, 0.2) is 15.6 Å². The van der Waals surface area contributed by atoms with E-state index >= 15 is 0 Å². The molecule has 0 aromatic carbocycles. The first-order valence-electron chi connectivity index (χ1n) is 8.73. The van der Waals surface area contributed by atoms with Crippen molar-refractivity contribution in [3.8, 4) is 0 Å². The topological polar surface area (TPSA) is 80.3 Å². The van der Waals surface area contributed by atoms with E-state index in [9.17, 15) is 0 Å². The van der Waals surface area contributed by atoms with Crippen LogP contribution in [0.25, 0.3) is 0 Å². The SMILES string of the molecule is CN=C(NCc1cc(C(C)C)no1)NC(C)Cc1c(C)nn(C)c1C.I. The molecule has 2 N–H and O–H groups in total. The van der Waals surface area contributed by atoms with Gasteiger partial charge in [-0.25, -0.2) is 0 Å². The first-order chi connectivity index (χ1) is 11.8. The van der Waals surface area contributed by atoms with Crippen LogP contribution in [0.4, 0.5) is 0 Å². The van der Waals surface area contributed by atoms with Crippen molar-refractivity contribution in [3.63, 3.8) is 0 Å². The Labute approximate surface area is 173 Å². The maximum atomic E-state index is 5.35. The smallest absolute Gasteiger partial charge is 0.191 e. The largest absolute Gasteiger partial charge is 0.359 e. The molecule has 1 atom stereocenters. The third kappa shape index (κ3) is 5.72. The first kappa shape index (κ1) is 22.5. The summed E-state index contributed by atoms with van der Waals surface area (Å²) in [5.41, 5.74) is 4.54. The zero-order chi connectivity index (χ0) is 18.6. The van der Waals surface area contributed by atoms with Crippen LogP contribution in [0.2, 0.25) is 0 Å². The van der Waals surface area contributed by atoms with Crippen molar-refractivity contribution in [1.29, 1.82) is 0 Å². The third-order valence-electron chi connectivity index (χ3n) is 4.37. The lowest BCUT2D eigenvalue weighted by molar-refractivity contribution is 0.371. The number of halogens is 1. The second kappa shape index (κ2) is 9.94. The summed E-state index contributed by atoms with van der Waals surface area (Å²) in [5.74, 6) is 1.91. The Morgan fingerprint density at radius 1 is 1.31 bits per heavy atom. The molecule has 0 aliphatic heterocycles. The van der Waals surface area contributed by atoms with E-state index in [-0.39, 0.29) is 30.0 Å². The predicted octanol–water partition coefficient (Wildman–Crippen LogP) is 3.06. The van der Waals surface area contributed by atoms with Gasteiger partial charge in [-0.05, 0) is 38.7 Å². The van der Waals surface area contributed by atoms with E-state index in [0.717, 1.165) is 29.5 Å². The molecule has 2 rings (SSSR count). The molecule has 0 saturated carbocycles. The second-order valence-electron chi connectivity index (χ2n) is 6.82. The van der Waals surface area contributed by atoms with E-state index in [1.165, 1.54) is 11.3 Å². The van der Waals surface area contributed by atoms with Gasteiger partial charge in [-0.2, -0.15) is 5.10 Å². The van der Waals surface area contributed by atoms with Crippen molar-refractivity contribution in [2.45, 2.75) is 59.5 Å². The van der Waals surface area contributed by atoms with Crippen LogP contribution >= 0.6 is 24.0 Å². The summed E-state index contributed by atoms with van der Waals surface area (Å²) in [5, 5.41) is 15.2. The summed E-state index contributed by atoms with van der Waals surface area (Å²) in [4.78, 5) is 4.29. The first-order valence-corrected chi connectivity index (χ1v) is 8.73. The molecular formula is C18H31IN6O. The Balaban J connectivity index is 0.00000338. The molecule has 0 saturated heterocycles. The molecule has 0 aliphatic rings. The number of nitrogens with one attached hydrogen (secondary N) is 2. The third-order valence-corrected chi connectivity index (χ3v) is 4.37. The predicted molar refractivity (Wildman–Crippen MR) is 115 cm³/mol. The molecule has 1 unspecified atom stereocenters. The van der Waals surface area contributed by atoms with Crippen LogP contribution in [0, 0.1) is 13.8 Å². The Hall–Kier alpha value is -1.58. The lowest BCUT2D eigenvalue weighted by Crippen LogP contribution is -2.42. The van der Waals surface area contributed by atoms with Gasteiger partial charge in [0.05, 0.1) is 17.9 Å². The van der Waals surface area contributed by atoms with Gasteiger partial charge >= 0.3 is 0 Å². The summed E-state index contributed by atoms with van der Waals surface area (Å²) >= 11 is 0. The fraction of sp³-hybridized carbons (Fsp3) is 0.611. The van der Waals surface area contributed by atoms with Crippen LogP contribution in [-0.2, 0) is 20.0 Å². The quantitative estimate of drug-likeness (QED) is 0.382. The molecule has 0 bridgehead atoms. The molecule has 0 aliphatic carbocycles. The molecule has 7 nitrogen and oxygen atoms in total. The molecule has 2 heterocycles. The van der Waals surface area contributed by atoms with Crippen molar-refractivity contribution >= 4 is 29.9 Å². The Morgan fingerprint density at radius 3 is 2.50 bits per heavy atom. The molecule has 0 radical (unpaired) electrons. The fourth-order valence-corrected chi connectivity index (χ4v) is 2.75. The molecule has 2 aromatic heterocycles. The van der Waals surface area contributed by atoms with Crippen molar-refractivity contribution < 1.29 is 4.52 Å². The minimum Gasteiger partial charge on any atom is -0.359 e. The minimum absolute atomic E-state index is 0. The Kier molecular flexibility index (Phi) is 8.58. The minimum atomic E-state index is 0. The van der Waals surface area contributed by atoms with Gasteiger partial charge in [0.25, 0.3) is 0 Å². The molecule has 0 fully saturated rings. The monoisotopic (exact) mass is 474 g/mol. The van der Waals surface area contributed by atoms with Crippen molar-refractivity contribution in [1.82, 2.24) is 25.6 Å². The van der Waals surface area contributed by atoms with Gasteiger partial charge in [-0.1, -0.05) is 19.0 Å². The number of aromatic nitrogens is 3. The van der Waals surface area contributed by atoms with Gasteiger partial charge < -0.3 is 15.2 Å². The number of aliphatic imine (C=N–C) groups is 1. The lowest BCUT2D eigenvalue weighted by Gasteiger charge is -2.17. The maximum Gasteiger partial charge on any atom is 0.191 e. The van der Waals surface area contributed by atoms with Crippen LogP contribution in [0.3, 0.4) is 0 Å². The summed E-state index contributed by atoms with van der Waals surface area (Å²) in [6.07, 6.45) is 0.895. The number of rotatable bonds is 6. The molecule has 26 heavy (non-hydrogen) atoms. The van der Waals surface area contributed by atoms with Crippen LogP contribution in [-0.4, -0.2) is 34.0 Å². The summed E-state index contributed by atoms with van der Waals surface area (Å²) < 4.78 is 7.28. The number of hydrogen-bond acceptors (Lipinski definition) is 4. The van der Waals surface area contributed by atoms with E-state index in [1.54, 1.807) is 7.05 Å².